The highest BCUT2D eigenvalue weighted by atomic mass is 35.5. The maximum atomic E-state index is 13.1. The first-order chi connectivity index (χ1) is 21.8. The van der Waals surface area contributed by atoms with Gasteiger partial charge in [-0.3, -0.25) is 9.59 Å². The van der Waals surface area contributed by atoms with E-state index in [4.69, 9.17) is 27.9 Å². The zero-order chi connectivity index (χ0) is 33.2. The molecule has 0 aliphatic heterocycles. The summed E-state index contributed by atoms with van der Waals surface area (Å²) in [6, 6.07) is 11.5. The van der Waals surface area contributed by atoms with E-state index in [-0.39, 0.29) is 56.5 Å². The highest BCUT2D eigenvalue weighted by molar-refractivity contribution is 6.39. The van der Waals surface area contributed by atoms with Crippen molar-refractivity contribution in [2.75, 3.05) is 17.2 Å². The Morgan fingerprint density at radius 1 is 1.04 bits per heavy atom. The Bertz CT molecular complexity index is 1910. The van der Waals surface area contributed by atoms with Crippen molar-refractivity contribution in [3.63, 3.8) is 0 Å². The smallest absolute Gasteiger partial charge is 0.416 e. The van der Waals surface area contributed by atoms with E-state index in [0.717, 1.165) is 24.3 Å². The maximum absolute atomic E-state index is 13.1. The van der Waals surface area contributed by atoms with Crippen LogP contribution in [-0.4, -0.2) is 44.4 Å². The summed E-state index contributed by atoms with van der Waals surface area (Å²) < 4.78 is 71.4. The minimum atomic E-state index is -4.58. The van der Waals surface area contributed by atoms with Crippen molar-refractivity contribution >= 4 is 63.5 Å². The van der Waals surface area contributed by atoms with Gasteiger partial charge < -0.3 is 30.2 Å². The number of benzene rings is 2. The normalized spacial score (nSPS) is 11.6. The van der Waals surface area contributed by atoms with Crippen LogP contribution in [0.2, 0.25) is 10.0 Å². The summed E-state index contributed by atoms with van der Waals surface area (Å²) in [4.78, 5) is 36.9. The molecule has 3 heterocycles. The van der Waals surface area contributed by atoms with Gasteiger partial charge in [0.15, 0.2) is 12.3 Å². The molecule has 10 nitrogen and oxygen atoms in total. The number of aromatic amines is 1. The molecule has 0 saturated carbocycles. The van der Waals surface area contributed by atoms with Crippen molar-refractivity contribution in [2.45, 2.75) is 19.1 Å². The fraction of sp³-hybridized carbons (Fsp3) is 0.172. The Morgan fingerprint density at radius 2 is 1.78 bits per heavy atom. The van der Waals surface area contributed by atoms with Gasteiger partial charge in [-0.1, -0.05) is 29.3 Å². The molecule has 0 saturated heterocycles. The van der Waals surface area contributed by atoms with Gasteiger partial charge in [0, 0.05) is 25.5 Å². The number of fused-ring (bicyclic) bond motifs is 1. The van der Waals surface area contributed by atoms with Crippen LogP contribution in [0.5, 0.6) is 5.88 Å². The molecule has 2 amide bonds. The van der Waals surface area contributed by atoms with Gasteiger partial charge in [0.1, 0.15) is 11.3 Å². The number of aromatic nitrogens is 4. The first kappa shape index (κ1) is 32.5. The number of carbonyl (C=O) groups excluding carboxylic acids is 2. The third kappa shape index (κ3) is 7.32. The summed E-state index contributed by atoms with van der Waals surface area (Å²) in [6.07, 6.45) is -5.74. The van der Waals surface area contributed by atoms with Gasteiger partial charge in [0.05, 0.1) is 26.8 Å². The van der Waals surface area contributed by atoms with E-state index in [1.54, 1.807) is 42.1 Å². The lowest BCUT2D eigenvalue weighted by Gasteiger charge is -2.13. The molecule has 2 aromatic carbocycles. The Balaban J connectivity index is 1.39. The first-order valence-electron chi connectivity index (χ1n) is 13.2. The molecule has 46 heavy (non-hydrogen) atoms. The number of rotatable bonds is 10. The number of ether oxygens (including phenoxy) is 1. The molecule has 0 fully saturated rings. The molecule has 4 N–H and O–H groups in total. The molecule has 0 aliphatic rings. The molecular formula is C29H22Cl2F5N7O3. The monoisotopic (exact) mass is 681 g/mol. The van der Waals surface area contributed by atoms with Crippen LogP contribution in [0, 0.1) is 0 Å². The number of hydrogen-bond donors (Lipinski definition) is 4. The van der Waals surface area contributed by atoms with Crippen LogP contribution in [0.3, 0.4) is 0 Å². The maximum Gasteiger partial charge on any atom is 0.416 e. The number of nitrogens with zero attached hydrogens (tertiary/aromatic N) is 3. The van der Waals surface area contributed by atoms with Crippen molar-refractivity contribution in [3.8, 4) is 5.88 Å². The van der Waals surface area contributed by atoms with E-state index >= 15 is 0 Å². The number of imidazole rings is 1. The minimum absolute atomic E-state index is 0.00822. The fourth-order valence-corrected chi connectivity index (χ4v) is 4.80. The minimum Gasteiger partial charge on any atom is -0.471 e. The number of alkyl halides is 5. The zero-order valence-electron chi connectivity index (χ0n) is 23.5. The molecule has 0 atom stereocenters. The second-order valence-corrected chi connectivity index (χ2v) is 10.5. The van der Waals surface area contributed by atoms with Gasteiger partial charge in [0.2, 0.25) is 11.8 Å². The highest BCUT2D eigenvalue weighted by Crippen LogP contribution is 2.36. The summed E-state index contributed by atoms with van der Waals surface area (Å²) in [6.45, 7) is -1.02. The summed E-state index contributed by atoms with van der Waals surface area (Å²) in [5.74, 6) is -1.64. The van der Waals surface area contributed by atoms with E-state index in [1.165, 1.54) is 6.07 Å². The summed E-state index contributed by atoms with van der Waals surface area (Å²) >= 11 is 13.0. The van der Waals surface area contributed by atoms with Crippen molar-refractivity contribution < 1.29 is 36.3 Å². The number of hydrogen-bond acceptors (Lipinski definition) is 6. The van der Waals surface area contributed by atoms with Crippen molar-refractivity contribution in [3.05, 3.63) is 93.2 Å². The van der Waals surface area contributed by atoms with Crippen LogP contribution < -0.4 is 20.7 Å². The second-order valence-electron chi connectivity index (χ2n) is 9.74. The van der Waals surface area contributed by atoms with Crippen LogP contribution in [0.15, 0.2) is 60.8 Å². The molecule has 0 aliphatic carbocycles. The molecule has 5 rings (SSSR count). The molecule has 0 spiro atoms. The molecule has 5 aromatic rings. The largest absolute Gasteiger partial charge is 0.471 e. The Labute approximate surface area is 266 Å². The van der Waals surface area contributed by atoms with Crippen molar-refractivity contribution in [1.29, 1.82) is 0 Å². The van der Waals surface area contributed by atoms with Crippen LogP contribution in [0.4, 0.5) is 39.3 Å². The van der Waals surface area contributed by atoms with E-state index in [2.05, 4.69) is 30.9 Å². The van der Waals surface area contributed by atoms with Crippen molar-refractivity contribution in [2.24, 2.45) is 7.05 Å². The molecule has 240 valence electrons. The van der Waals surface area contributed by atoms with Gasteiger partial charge in [-0.2, -0.15) is 23.1 Å². The van der Waals surface area contributed by atoms with Gasteiger partial charge in [-0.25, -0.2) is 8.78 Å². The number of amides is 2. The standard InChI is InChI=1S/C29H22Cl2F5N7O3/c1-43-10-2-3-20(43)26(45)37-12-14-4-9-18(30)23(22(14)31)40-28-39-19-11-17(27(41-24(19)42-28)46-13-21(32)33)25(44)38-16-7-5-15(6-8-16)29(34,35)36/h2-11,21H,12-13H2,1H3,(H,37,45)(H,38,44)(H2,39,40,41,42). The molecule has 0 unspecified atom stereocenters. The van der Waals surface area contributed by atoms with E-state index in [0.29, 0.717) is 11.3 Å². The number of aryl methyl sites for hydroxylation is 1. The Kier molecular flexibility index (Phi) is 9.34. The predicted octanol–water partition coefficient (Wildman–Crippen LogP) is 7.19. The lowest BCUT2D eigenvalue weighted by atomic mass is 10.2. The molecule has 17 heteroatoms. The van der Waals surface area contributed by atoms with E-state index in [1.807, 2.05) is 0 Å². The Morgan fingerprint density at radius 3 is 2.43 bits per heavy atom. The summed E-state index contributed by atoms with van der Waals surface area (Å²) in [5, 5.41) is 8.48. The van der Waals surface area contributed by atoms with E-state index < -0.39 is 36.6 Å². The fourth-order valence-electron chi connectivity index (χ4n) is 4.27. The lowest BCUT2D eigenvalue weighted by molar-refractivity contribution is -0.137. The van der Waals surface area contributed by atoms with Gasteiger partial charge >= 0.3 is 6.18 Å². The second kappa shape index (κ2) is 13.2. The molecule has 0 radical (unpaired) electrons. The third-order valence-corrected chi connectivity index (χ3v) is 7.28. The summed E-state index contributed by atoms with van der Waals surface area (Å²) in [7, 11) is 1.73. The number of halogens is 7. The van der Waals surface area contributed by atoms with Gasteiger partial charge in [-0.15, -0.1) is 0 Å². The Hall–Kier alpha value is -4.89. The average molecular weight is 682 g/mol. The van der Waals surface area contributed by atoms with Gasteiger partial charge in [0.25, 0.3) is 18.2 Å². The number of anilines is 3. The number of nitrogens with one attached hydrogen (secondary N) is 4. The lowest BCUT2D eigenvalue weighted by Crippen LogP contribution is -2.25. The molecule has 0 bridgehead atoms. The third-order valence-electron chi connectivity index (χ3n) is 6.53. The van der Waals surface area contributed by atoms with Crippen LogP contribution in [0.25, 0.3) is 11.2 Å². The number of carbonyl (C=O) groups is 2. The molecule has 3 aromatic heterocycles. The topological polar surface area (TPSA) is 126 Å². The summed E-state index contributed by atoms with van der Waals surface area (Å²) in [5.41, 5.74) is 0.123. The molecular weight excluding hydrogens is 660 g/mol. The quantitative estimate of drug-likeness (QED) is 0.116. The predicted molar refractivity (Wildman–Crippen MR) is 161 cm³/mol. The van der Waals surface area contributed by atoms with Gasteiger partial charge in [-0.05, 0) is 54.1 Å². The van der Waals surface area contributed by atoms with Crippen LogP contribution in [-0.2, 0) is 19.8 Å². The van der Waals surface area contributed by atoms with Crippen LogP contribution in [0.1, 0.15) is 32.0 Å². The number of pyridine rings is 1. The first-order valence-corrected chi connectivity index (χ1v) is 14.0. The van der Waals surface area contributed by atoms with Crippen LogP contribution >= 0.6 is 23.2 Å². The highest BCUT2D eigenvalue weighted by Gasteiger charge is 2.30. The van der Waals surface area contributed by atoms with E-state index in [9.17, 15) is 31.5 Å². The zero-order valence-corrected chi connectivity index (χ0v) is 25.0. The average Bonchev–Trinajstić information content (AvgIpc) is 3.61. The SMILES string of the molecule is Cn1cccc1C(=O)NCc1ccc(Cl)c(Nc2nc3nc(OCC(F)F)c(C(=O)Nc4ccc(C(F)(F)F)cc4)cc3[nH]2)c1Cl. The van der Waals surface area contributed by atoms with Crippen molar-refractivity contribution in [1.82, 2.24) is 24.8 Å². The number of H-pyrrole nitrogens is 1.